The van der Waals surface area contributed by atoms with Gasteiger partial charge in [-0.2, -0.15) is 0 Å². The number of fused-ring (bicyclic) bond motifs is 1. The Hall–Kier alpha value is -2.04. The molecule has 3 saturated heterocycles. The summed E-state index contributed by atoms with van der Waals surface area (Å²) < 4.78 is 0. The number of hydrogen-bond acceptors (Lipinski definition) is 8. The van der Waals surface area contributed by atoms with Crippen molar-refractivity contribution in [2.45, 2.75) is 44.2 Å². The molecule has 3 fully saturated rings. The average Bonchev–Trinajstić information content (AvgIpc) is 3.05. The van der Waals surface area contributed by atoms with Crippen LogP contribution in [0.25, 0.3) is 0 Å². The zero-order valence-electron chi connectivity index (χ0n) is 18.4. The molecule has 4 aliphatic rings. The van der Waals surface area contributed by atoms with Crippen LogP contribution in [-0.2, 0) is 0 Å². The van der Waals surface area contributed by atoms with E-state index in [9.17, 15) is 19.8 Å². The second-order valence-electron chi connectivity index (χ2n) is 9.46. The number of piperidine rings is 2. The van der Waals surface area contributed by atoms with Gasteiger partial charge in [0.2, 0.25) is 0 Å². The molecule has 0 aliphatic carbocycles. The van der Waals surface area contributed by atoms with E-state index >= 15 is 0 Å². The van der Waals surface area contributed by atoms with E-state index in [1.807, 2.05) is 12.1 Å². The number of benzene rings is 1. The molecule has 5 rings (SSSR count). The largest absolute Gasteiger partial charge is 0.379 e. The highest BCUT2D eigenvalue weighted by molar-refractivity contribution is 6.22. The number of hydrogen-bond donors (Lipinski definition) is 4. The van der Waals surface area contributed by atoms with Gasteiger partial charge in [0.1, 0.15) is 12.5 Å². The Labute approximate surface area is 188 Å². The number of carbonyl (C=O) groups excluding carboxylic acids is 2. The highest BCUT2D eigenvalue weighted by Gasteiger charge is 2.44. The molecule has 1 aromatic carbocycles. The monoisotopic (exact) mass is 443 g/mol. The lowest BCUT2D eigenvalue weighted by molar-refractivity contribution is -0.0413. The first-order valence-corrected chi connectivity index (χ1v) is 11.8. The fraction of sp³-hybridized carbons (Fsp3) is 0.652. The van der Waals surface area contributed by atoms with Crippen molar-refractivity contribution in [2.75, 3.05) is 50.7 Å². The maximum Gasteiger partial charge on any atom is 0.262 e. The highest BCUT2D eigenvalue weighted by atomic mass is 16.3. The Morgan fingerprint density at radius 2 is 1.62 bits per heavy atom. The lowest BCUT2D eigenvalue weighted by Gasteiger charge is -2.38. The molecule has 32 heavy (non-hydrogen) atoms. The van der Waals surface area contributed by atoms with E-state index in [1.165, 1.54) is 12.8 Å². The van der Waals surface area contributed by atoms with Gasteiger partial charge in [-0.25, -0.2) is 0 Å². The number of nitrogens with one attached hydrogen (secondary N) is 2. The molecular formula is C23H33N5O4. The zero-order chi connectivity index (χ0) is 22.2. The quantitative estimate of drug-likeness (QED) is 0.474. The minimum absolute atomic E-state index is 0.362. The van der Waals surface area contributed by atoms with E-state index in [0.29, 0.717) is 24.0 Å². The van der Waals surface area contributed by atoms with Crippen molar-refractivity contribution in [3.05, 3.63) is 29.3 Å². The van der Waals surface area contributed by atoms with Gasteiger partial charge in [-0.3, -0.25) is 24.7 Å². The highest BCUT2D eigenvalue weighted by Crippen LogP contribution is 2.32. The minimum atomic E-state index is -1.13. The predicted octanol–water partition coefficient (Wildman–Crippen LogP) is -0.207. The molecule has 3 atom stereocenters. The van der Waals surface area contributed by atoms with Gasteiger partial charge in [-0.05, 0) is 62.9 Å². The lowest BCUT2D eigenvalue weighted by Crippen LogP contribution is -2.58. The number of carbonyl (C=O) groups is 2. The minimum Gasteiger partial charge on any atom is -0.379 e. The fourth-order valence-corrected chi connectivity index (χ4v) is 5.51. The van der Waals surface area contributed by atoms with Gasteiger partial charge in [0.15, 0.2) is 0 Å². The Balaban J connectivity index is 1.24. The molecule has 9 heteroatoms. The number of aliphatic hydroxyl groups excluding tert-OH is 2. The molecule has 0 unspecified atom stereocenters. The molecule has 4 heterocycles. The summed E-state index contributed by atoms with van der Waals surface area (Å²) in [7, 11) is 0. The summed E-state index contributed by atoms with van der Waals surface area (Å²) >= 11 is 0. The van der Waals surface area contributed by atoms with Crippen LogP contribution in [0.1, 0.15) is 46.4 Å². The molecule has 1 aromatic rings. The van der Waals surface area contributed by atoms with Crippen molar-refractivity contribution in [1.82, 2.24) is 20.4 Å². The van der Waals surface area contributed by atoms with Crippen LogP contribution in [0.5, 0.6) is 0 Å². The molecule has 4 N–H and O–H groups in total. The number of nitrogens with zero attached hydrogens (tertiary/aromatic N) is 3. The molecule has 0 aromatic heterocycles. The van der Waals surface area contributed by atoms with E-state index in [2.05, 4.69) is 20.4 Å². The molecule has 9 nitrogen and oxygen atoms in total. The molecule has 0 spiro atoms. The smallest absolute Gasteiger partial charge is 0.262 e. The Morgan fingerprint density at radius 1 is 0.906 bits per heavy atom. The van der Waals surface area contributed by atoms with Crippen molar-refractivity contribution in [2.24, 2.45) is 5.92 Å². The average molecular weight is 444 g/mol. The van der Waals surface area contributed by atoms with Crippen LogP contribution in [0.4, 0.5) is 5.69 Å². The van der Waals surface area contributed by atoms with Gasteiger partial charge < -0.3 is 20.4 Å². The lowest BCUT2D eigenvalue weighted by atomic mass is 9.97. The van der Waals surface area contributed by atoms with Crippen molar-refractivity contribution in [3.63, 3.8) is 0 Å². The van der Waals surface area contributed by atoms with Crippen LogP contribution in [0.3, 0.4) is 0 Å². The Morgan fingerprint density at radius 3 is 2.34 bits per heavy atom. The van der Waals surface area contributed by atoms with Crippen molar-refractivity contribution >= 4 is 17.5 Å². The first-order chi connectivity index (χ1) is 15.5. The first kappa shape index (κ1) is 21.8. The fourth-order valence-electron chi connectivity index (χ4n) is 5.51. The molecule has 4 aliphatic heterocycles. The van der Waals surface area contributed by atoms with Gasteiger partial charge in [0.05, 0.1) is 17.2 Å². The normalized spacial score (nSPS) is 30.1. The molecule has 0 bridgehead atoms. The summed E-state index contributed by atoms with van der Waals surface area (Å²) in [5, 5.41) is 26.0. The van der Waals surface area contributed by atoms with Gasteiger partial charge in [-0.15, -0.1) is 0 Å². The topological polar surface area (TPSA) is 108 Å². The van der Waals surface area contributed by atoms with Crippen LogP contribution in [0.2, 0.25) is 0 Å². The van der Waals surface area contributed by atoms with Crippen LogP contribution in [0, 0.1) is 5.92 Å². The Kier molecular flexibility index (Phi) is 6.18. The second kappa shape index (κ2) is 9.07. The summed E-state index contributed by atoms with van der Waals surface area (Å²) in [6.07, 6.45) is 1.29. The zero-order valence-corrected chi connectivity index (χ0v) is 18.4. The summed E-state index contributed by atoms with van der Waals surface area (Å²) in [4.78, 5) is 32.0. The number of piperazine rings is 1. The number of anilines is 1. The van der Waals surface area contributed by atoms with Crippen molar-refractivity contribution in [3.8, 4) is 0 Å². The number of amides is 2. The third-order valence-corrected chi connectivity index (χ3v) is 7.41. The van der Waals surface area contributed by atoms with E-state index in [-0.39, 0.29) is 11.8 Å². The molecule has 0 saturated carbocycles. The van der Waals surface area contributed by atoms with Gasteiger partial charge >= 0.3 is 0 Å². The standard InChI is InChI=1S/C23H33N5O4/c29-20-4-3-19(21(30)25-20)28-22(31)17-2-1-16(13-18(17)23(28)32)27-11-9-26(10-12-27)14-15-5-7-24-8-6-15/h1-2,13,15,19-21,24-25,29-30H,3-12,14H2/t19-,20-,21-/m0/s1. The summed E-state index contributed by atoms with van der Waals surface area (Å²) in [5.74, 6) is 0.0485. The number of rotatable bonds is 4. The second-order valence-corrected chi connectivity index (χ2v) is 9.46. The number of imide groups is 1. The van der Waals surface area contributed by atoms with Crippen molar-refractivity contribution in [1.29, 1.82) is 0 Å². The van der Waals surface area contributed by atoms with Gasteiger partial charge in [-0.1, -0.05) is 0 Å². The van der Waals surface area contributed by atoms with Gasteiger partial charge in [0, 0.05) is 38.4 Å². The first-order valence-electron chi connectivity index (χ1n) is 11.8. The summed E-state index contributed by atoms with van der Waals surface area (Å²) in [6, 6.07) is 4.82. The van der Waals surface area contributed by atoms with Crippen LogP contribution in [-0.4, -0.2) is 96.1 Å². The maximum atomic E-state index is 13.1. The van der Waals surface area contributed by atoms with E-state index in [0.717, 1.165) is 62.3 Å². The van der Waals surface area contributed by atoms with Crippen molar-refractivity contribution < 1.29 is 19.8 Å². The summed E-state index contributed by atoms with van der Waals surface area (Å²) in [6.45, 7) is 7.21. The predicted molar refractivity (Wildman–Crippen MR) is 119 cm³/mol. The third kappa shape index (κ3) is 4.15. The molecular weight excluding hydrogens is 410 g/mol. The molecule has 0 radical (unpaired) electrons. The van der Waals surface area contributed by atoms with Crippen LogP contribution < -0.4 is 15.5 Å². The van der Waals surface area contributed by atoms with Crippen LogP contribution in [0.15, 0.2) is 18.2 Å². The third-order valence-electron chi connectivity index (χ3n) is 7.41. The van der Waals surface area contributed by atoms with E-state index in [1.54, 1.807) is 6.07 Å². The maximum absolute atomic E-state index is 13.1. The van der Waals surface area contributed by atoms with Crippen LogP contribution >= 0.6 is 0 Å². The van der Waals surface area contributed by atoms with Gasteiger partial charge in [0.25, 0.3) is 11.8 Å². The molecule has 2 amide bonds. The molecule has 174 valence electrons. The summed E-state index contributed by atoms with van der Waals surface area (Å²) in [5.41, 5.74) is 1.76. The SMILES string of the molecule is O=C1c2ccc(N3CCN(CC4CCNCC4)CC3)cc2C(=O)N1[C@H]1CC[C@H](O)N[C@H]1O. The van der Waals surface area contributed by atoms with E-state index in [4.69, 9.17) is 0 Å². The number of aliphatic hydroxyl groups is 2. The van der Waals surface area contributed by atoms with E-state index < -0.39 is 18.5 Å². The Bertz CT molecular complexity index is 866.